The Labute approximate surface area is 119 Å². The lowest BCUT2D eigenvalue weighted by molar-refractivity contribution is 0.0924. The highest BCUT2D eigenvalue weighted by atomic mass is 16.5. The van der Waals surface area contributed by atoms with E-state index in [1.54, 1.807) is 18.0 Å². The number of carbonyl (C=O) groups is 1. The summed E-state index contributed by atoms with van der Waals surface area (Å²) in [5, 5.41) is 7.68. The number of carbonyl (C=O) groups excluding carboxylic acids is 1. The molecule has 2 aliphatic rings. The molecule has 5 nitrogen and oxygen atoms in total. The van der Waals surface area contributed by atoms with Gasteiger partial charge in [0.15, 0.2) is 11.5 Å². The Morgan fingerprint density at radius 1 is 1.50 bits per heavy atom. The van der Waals surface area contributed by atoms with Crippen LogP contribution in [0.25, 0.3) is 0 Å². The van der Waals surface area contributed by atoms with Crippen molar-refractivity contribution in [1.82, 2.24) is 15.1 Å². The summed E-state index contributed by atoms with van der Waals surface area (Å²) in [5.41, 5.74) is 0.905. The lowest BCUT2D eigenvalue weighted by atomic mass is 9.90. The molecular weight excluding hydrogens is 254 g/mol. The fraction of sp³-hybridized carbons (Fsp3) is 0.733. The molecule has 1 aliphatic heterocycles. The van der Waals surface area contributed by atoms with E-state index in [4.69, 9.17) is 4.74 Å². The van der Waals surface area contributed by atoms with E-state index in [1.165, 1.54) is 0 Å². The van der Waals surface area contributed by atoms with Crippen molar-refractivity contribution >= 4 is 5.78 Å². The van der Waals surface area contributed by atoms with Crippen LogP contribution in [0.5, 0.6) is 5.75 Å². The first-order chi connectivity index (χ1) is 9.59. The summed E-state index contributed by atoms with van der Waals surface area (Å²) < 4.78 is 7.13. The van der Waals surface area contributed by atoms with Crippen molar-refractivity contribution in [2.75, 3.05) is 20.2 Å². The molecule has 1 atom stereocenters. The predicted octanol–water partition coefficient (Wildman–Crippen LogP) is 2.04. The zero-order valence-electron chi connectivity index (χ0n) is 12.5. The van der Waals surface area contributed by atoms with Gasteiger partial charge in [0.25, 0.3) is 0 Å². The molecule has 3 rings (SSSR count). The van der Waals surface area contributed by atoms with Gasteiger partial charge in [-0.3, -0.25) is 9.48 Å². The van der Waals surface area contributed by atoms with E-state index in [9.17, 15) is 4.79 Å². The average Bonchev–Trinajstić information content (AvgIpc) is 2.96. The van der Waals surface area contributed by atoms with Crippen LogP contribution in [0.1, 0.15) is 49.6 Å². The van der Waals surface area contributed by atoms with E-state index in [0.717, 1.165) is 32.4 Å². The van der Waals surface area contributed by atoms with Crippen molar-refractivity contribution in [2.24, 2.45) is 11.3 Å². The van der Waals surface area contributed by atoms with E-state index in [1.807, 2.05) is 13.8 Å². The normalized spacial score (nSPS) is 24.1. The van der Waals surface area contributed by atoms with Gasteiger partial charge in [0.2, 0.25) is 0 Å². The zero-order valence-corrected chi connectivity index (χ0v) is 12.5. The fourth-order valence-electron chi connectivity index (χ4n) is 3.48. The van der Waals surface area contributed by atoms with Crippen LogP contribution >= 0.6 is 0 Å². The molecule has 0 bridgehead atoms. The Hall–Kier alpha value is -1.36. The summed E-state index contributed by atoms with van der Waals surface area (Å²) in [6.07, 6.45) is 4.91. The van der Waals surface area contributed by atoms with E-state index < -0.39 is 0 Å². The molecule has 1 spiro atoms. The standard InChI is InChI=1S/C15H23N3O2/c1-10(2)18-13(12(20-3)9-17-18)14(19)11-8-15(11)4-6-16-7-5-15/h9-11,16H,4-8H2,1-3H3. The smallest absolute Gasteiger partial charge is 0.188 e. The first-order valence-corrected chi connectivity index (χ1v) is 7.45. The average molecular weight is 277 g/mol. The number of ether oxygens (including phenoxy) is 1. The van der Waals surface area contributed by atoms with Crippen LogP contribution in [0, 0.1) is 11.3 Å². The van der Waals surface area contributed by atoms with Gasteiger partial charge in [-0.2, -0.15) is 5.10 Å². The van der Waals surface area contributed by atoms with Gasteiger partial charge in [-0.15, -0.1) is 0 Å². The van der Waals surface area contributed by atoms with E-state index >= 15 is 0 Å². The lowest BCUT2D eigenvalue weighted by Crippen LogP contribution is -2.31. The maximum absolute atomic E-state index is 12.9. The number of hydrogen-bond acceptors (Lipinski definition) is 4. The summed E-state index contributed by atoms with van der Waals surface area (Å²) in [4.78, 5) is 12.9. The minimum atomic E-state index is 0.160. The topological polar surface area (TPSA) is 56.2 Å². The van der Waals surface area contributed by atoms with E-state index in [-0.39, 0.29) is 23.2 Å². The third-order valence-electron chi connectivity index (χ3n) is 4.81. The number of aromatic nitrogens is 2. The maximum atomic E-state index is 12.9. The summed E-state index contributed by atoms with van der Waals surface area (Å²) in [7, 11) is 1.60. The number of piperidine rings is 1. The number of methoxy groups -OCH3 is 1. The molecule has 0 amide bonds. The lowest BCUT2D eigenvalue weighted by Gasteiger charge is -2.23. The molecule has 1 N–H and O–H groups in total. The van der Waals surface area contributed by atoms with Crippen LogP contribution in [-0.2, 0) is 0 Å². The molecule has 1 unspecified atom stereocenters. The number of Topliss-reactive ketones (excluding diaryl/α,β-unsaturated/α-hetero) is 1. The van der Waals surface area contributed by atoms with E-state index in [0.29, 0.717) is 11.4 Å². The van der Waals surface area contributed by atoms with Crippen LogP contribution in [0.2, 0.25) is 0 Å². The molecule has 2 heterocycles. The first kappa shape index (κ1) is 13.6. The number of hydrogen-bond donors (Lipinski definition) is 1. The minimum absolute atomic E-state index is 0.160. The highest BCUT2D eigenvalue weighted by molar-refractivity contribution is 6.01. The van der Waals surface area contributed by atoms with Crippen molar-refractivity contribution in [2.45, 2.75) is 39.2 Å². The van der Waals surface area contributed by atoms with Crippen LogP contribution in [0.4, 0.5) is 0 Å². The first-order valence-electron chi connectivity index (χ1n) is 7.45. The number of nitrogens with one attached hydrogen (secondary N) is 1. The number of nitrogens with zero attached hydrogens (tertiary/aromatic N) is 2. The molecule has 1 aromatic rings. The molecule has 1 aliphatic carbocycles. The molecule has 5 heteroatoms. The Morgan fingerprint density at radius 2 is 2.20 bits per heavy atom. The molecule has 1 saturated heterocycles. The monoisotopic (exact) mass is 277 g/mol. The molecule has 2 fully saturated rings. The Kier molecular flexibility index (Phi) is 3.32. The van der Waals surface area contributed by atoms with Crippen molar-refractivity contribution in [3.05, 3.63) is 11.9 Å². The van der Waals surface area contributed by atoms with Crippen LogP contribution in [0.3, 0.4) is 0 Å². The van der Waals surface area contributed by atoms with Crippen molar-refractivity contribution < 1.29 is 9.53 Å². The molecule has 1 aromatic heterocycles. The van der Waals surface area contributed by atoms with Gasteiger partial charge < -0.3 is 10.1 Å². The Balaban J connectivity index is 1.86. The zero-order chi connectivity index (χ0) is 14.3. The summed E-state index contributed by atoms with van der Waals surface area (Å²) in [6, 6.07) is 0.167. The second kappa shape index (κ2) is 4.88. The Morgan fingerprint density at radius 3 is 2.80 bits per heavy atom. The van der Waals surface area contributed by atoms with Crippen LogP contribution in [-0.4, -0.2) is 35.8 Å². The summed E-state index contributed by atoms with van der Waals surface area (Å²) >= 11 is 0. The second-order valence-corrected chi connectivity index (χ2v) is 6.33. The van der Waals surface area contributed by atoms with Crippen molar-refractivity contribution in [3.63, 3.8) is 0 Å². The van der Waals surface area contributed by atoms with Crippen LogP contribution < -0.4 is 10.1 Å². The SMILES string of the molecule is COc1cnn(C(C)C)c1C(=O)C1CC12CCNCC2. The second-order valence-electron chi connectivity index (χ2n) is 6.33. The van der Waals surface area contributed by atoms with Crippen molar-refractivity contribution in [1.29, 1.82) is 0 Å². The largest absolute Gasteiger partial charge is 0.493 e. The number of rotatable bonds is 4. The van der Waals surface area contributed by atoms with Gasteiger partial charge in [-0.25, -0.2) is 0 Å². The Bertz CT molecular complexity index is 515. The van der Waals surface area contributed by atoms with Gasteiger partial charge in [0, 0.05) is 12.0 Å². The van der Waals surface area contributed by atoms with Gasteiger partial charge in [-0.1, -0.05) is 0 Å². The highest BCUT2D eigenvalue weighted by Gasteiger charge is 2.58. The molecule has 1 saturated carbocycles. The fourth-order valence-corrected chi connectivity index (χ4v) is 3.48. The molecule has 0 aromatic carbocycles. The predicted molar refractivity (Wildman–Crippen MR) is 76.1 cm³/mol. The summed E-state index contributed by atoms with van der Waals surface area (Å²) in [6.45, 7) is 6.14. The quantitative estimate of drug-likeness (QED) is 0.856. The van der Waals surface area contributed by atoms with E-state index in [2.05, 4.69) is 10.4 Å². The molecule has 110 valence electrons. The third-order valence-corrected chi connectivity index (χ3v) is 4.81. The maximum Gasteiger partial charge on any atom is 0.188 e. The van der Waals surface area contributed by atoms with Gasteiger partial charge in [0.05, 0.1) is 13.3 Å². The van der Waals surface area contributed by atoms with Crippen LogP contribution in [0.15, 0.2) is 6.20 Å². The molecule has 20 heavy (non-hydrogen) atoms. The molecule has 0 radical (unpaired) electrons. The van der Waals surface area contributed by atoms with Gasteiger partial charge >= 0.3 is 0 Å². The minimum Gasteiger partial charge on any atom is -0.493 e. The van der Waals surface area contributed by atoms with Gasteiger partial charge in [-0.05, 0) is 51.6 Å². The van der Waals surface area contributed by atoms with Gasteiger partial charge in [0.1, 0.15) is 5.69 Å². The van der Waals surface area contributed by atoms with Crippen molar-refractivity contribution in [3.8, 4) is 5.75 Å². The summed E-state index contributed by atoms with van der Waals surface area (Å²) in [5.74, 6) is 0.988. The third kappa shape index (κ3) is 2.04. The molecular formula is C15H23N3O2. The number of ketones is 1. The highest BCUT2D eigenvalue weighted by Crippen LogP contribution is 2.60.